The fourth-order valence-corrected chi connectivity index (χ4v) is 6.01. The largest absolute Gasteiger partial charge is 0.460 e. The number of aromatic nitrogens is 2. The summed E-state index contributed by atoms with van der Waals surface area (Å²) in [7, 11) is -3.56. The molecular weight excluding hydrogens is 378 g/mol. The van der Waals surface area contributed by atoms with Gasteiger partial charge in [-0.15, -0.1) is 0 Å². The maximum atomic E-state index is 13.1. The van der Waals surface area contributed by atoms with Crippen LogP contribution in [0.15, 0.2) is 41.8 Å². The highest BCUT2D eigenvalue weighted by molar-refractivity contribution is 7.89. The van der Waals surface area contributed by atoms with Gasteiger partial charge in [-0.05, 0) is 43.9 Å². The molecule has 2 saturated heterocycles. The first-order valence-electron chi connectivity index (χ1n) is 9.54. The predicted molar refractivity (Wildman–Crippen MR) is 103 cm³/mol. The van der Waals surface area contributed by atoms with Gasteiger partial charge in [0.2, 0.25) is 10.0 Å². The van der Waals surface area contributed by atoms with Gasteiger partial charge in [-0.2, -0.15) is 4.31 Å². The van der Waals surface area contributed by atoms with Crippen LogP contribution in [0, 0.1) is 19.3 Å². The van der Waals surface area contributed by atoms with Crippen LogP contribution in [0.3, 0.4) is 0 Å². The van der Waals surface area contributed by atoms with E-state index in [0.717, 1.165) is 11.1 Å². The number of nitrogens with zero attached hydrogens (tertiary/aromatic N) is 3. The highest BCUT2D eigenvalue weighted by atomic mass is 32.2. The Hall–Kier alpha value is -2.19. The van der Waals surface area contributed by atoms with Crippen molar-refractivity contribution in [3.63, 3.8) is 0 Å². The topological polar surface area (TPSA) is 81.5 Å². The van der Waals surface area contributed by atoms with Gasteiger partial charge in [-0.1, -0.05) is 12.1 Å². The number of carbonyl (C=O) groups is 1. The average molecular weight is 404 g/mol. The van der Waals surface area contributed by atoms with Gasteiger partial charge < -0.3 is 9.30 Å². The van der Waals surface area contributed by atoms with Crippen LogP contribution in [0.4, 0.5) is 0 Å². The zero-order valence-electron chi connectivity index (χ0n) is 16.2. The molecular formula is C20H25N3O4S. The molecule has 8 heteroatoms. The van der Waals surface area contributed by atoms with Crippen LogP contribution >= 0.6 is 0 Å². The zero-order valence-corrected chi connectivity index (χ0v) is 17.0. The lowest BCUT2D eigenvalue weighted by Gasteiger charge is -2.36. The molecule has 1 spiro atoms. The summed E-state index contributed by atoms with van der Waals surface area (Å²) in [6.07, 6.45) is 6.68. The number of ether oxygens (including phenoxy) is 1. The van der Waals surface area contributed by atoms with E-state index in [1.54, 1.807) is 18.6 Å². The second-order valence-corrected chi connectivity index (χ2v) is 9.85. The number of esters is 1. The number of carbonyl (C=O) groups excluding carboxylic acids is 1. The molecule has 0 bridgehead atoms. The smallest absolute Gasteiger partial charge is 0.312 e. The quantitative estimate of drug-likeness (QED) is 0.732. The molecule has 3 heterocycles. The fourth-order valence-electron chi connectivity index (χ4n) is 4.26. The van der Waals surface area contributed by atoms with Gasteiger partial charge in [0.1, 0.15) is 6.10 Å². The van der Waals surface area contributed by atoms with E-state index in [1.807, 2.05) is 36.7 Å². The van der Waals surface area contributed by atoms with Crippen molar-refractivity contribution in [3.05, 3.63) is 48.0 Å². The molecule has 28 heavy (non-hydrogen) atoms. The maximum Gasteiger partial charge on any atom is 0.312 e. The molecule has 4 rings (SSSR count). The molecule has 2 aromatic rings. The van der Waals surface area contributed by atoms with Crippen molar-refractivity contribution >= 4 is 16.0 Å². The average Bonchev–Trinajstić information content (AvgIpc) is 3.26. The summed E-state index contributed by atoms with van der Waals surface area (Å²) in [6, 6.07) is 5.47. The molecule has 0 aliphatic carbocycles. The minimum Gasteiger partial charge on any atom is -0.460 e. The summed E-state index contributed by atoms with van der Waals surface area (Å²) < 4.78 is 35.3. The molecule has 2 aliphatic rings. The lowest BCUT2D eigenvalue weighted by atomic mass is 9.76. The van der Waals surface area contributed by atoms with Gasteiger partial charge in [-0.25, -0.2) is 13.4 Å². The van der Waals surface area contributed by atoms with Crippen molar-refractivity contribution < 1.29 is 17.9 Å². The molecule has 1 unspecified atom stereocenters. The summed E-state index contributed by atoms with van der Waals surface area (Å²) in [5.74, 6) is -0.193. The Labute approximate surface area is 165 Å². The molecule has 2 fully saturated rings. The number of cyclic esters (lactones) is 1. The van der Waals surface area contributed by atoms with Crippen molar-refractivity contribution in [3.8, 4) is 0 Å². The molecule has 1 atom stereocenters. The number of rotatable bonds is 4. The molecule has 150 valence electrons. The Bertz CT molecular complexity index is 977. The highest BCUT2D eigenvalue weighted by Gasteiger charge is 2.51. The van der Waals surface area contributed by atoms with Gasteiger partial charge in [0.25, 0.3) is 0 Å². The molecule has 0 saturated carbocycles. The Kier molecular flexibility index (Phi) is 4.79. The van der Waals surface area contributed by atoms with E-state index in [4.69, 9.17) is 4.74 Å². The van der Waals surface area contributed by atoms with Crippen molar-refractivity contribution in [2.45, 2.75) is 50.7 Å². The minimum absolute atomic E-state index is 0.191. The van der Waals surface area contributed by atoms with Crippen LogP contribution in [0.2, 0.25) is 0 Å². The number of imidazole rings is 1. The third-order valence-corrected chi connectivity index (χ3v) is 7.98. The third-order valence-electron chi connectivity index (χ3n) is 5.94. The number of hydrogen-bond donors (Lipinski definition) is 0. The number of aryl methyl sites for hydroxylation is 2. The predicted octanol–water partition coefficient (Wildman–Crippen LogP) is 2.29. The maximum absolute atomic E-state index is 13.1. The van der Waals surface area contributed by atoms with Crippen molar-refractivity contribution in [2.75, 3.05) is 13.1 Å². The Balaban J connectivity index is 1.47. The monoisotopic (exact) mass is 403 g/mol. The molecule has 1 aromatic carbocycles. The number of benzene rings is 1. The Morgan fingerprint density at radius 3 is 2.68 bits per heavy atom. The first kappa shape index (κ1) is 19.1. The first-order chi connectivity index (χ1) is 13.3. The number of hydrogen-bond acceptors (Lipinski definition) is 5. The summed E-state index contributed by atoms with van der Waals surface area (Å²) in [6.45, 7) is 4.95. The Morgan fingerprint density at radius 2 is 2.00 bits per heavy atom. The summed E-state index contributed by atoms with van der Waals surface area (Å²) >= 11 is 0. The number of sulfonamides is 1. The van der Waals surface area contributed by atoms with Crippen molar-refractivity contribution in [1.29, 1.82) is 0 Å². The van der Waals surface area contributed by atoms with E-state index in [-0.39, 0.29) is 12.1 Å². The molecule has 7 nitrogen and oxygen atoms in total. The van der Waals surface area contributed by atoms with Crippen LogP contribution in [0.1, 0.15) is 30.4 Å². The van der Waals surface area contributed by atoms with Crippen LogP contribution in [0.5, 0.6) is 0 Å². The molecule has 2 aliphatic heterocycles. The summed E-state index contributed by atoms with van der Waals surface area (Å²) in [5.41, 5.74) is 1.09. The number of piperidine rings is 1. The minimum atomic E-state index is -3.56. The van der Waals surface area contributed by atoms with E-state index >= 15 is 0 Å². The van der Waals surface area contributed by atoms with Crippen LogP contribution < -0.4 is 0 Å². The van der Waals surface area contributed by atoms with Crippen LogP contribution in [-0.2, 0) is 26.1 Å². The van der Waals surface area contributed by atoms with Crippen molar-refractivity contribution in [1.82, 2.24) is 13.9 Å². The molecule has 1 aromatic heterocycles. The lowest BCUT2D eigenvalue weighted by Crippen LogP contribution is -2.45. The highest BCUT2D eigenvalue weighted by Crippen LogP contribution is 2.44. The van der Waals surface area contributed by atoms with E-state index in [9.17, 15) is 13.2 Å². The van der Waals surface area contributed by atoms with Crippen molar-refractivity contribution in [2.24, 2.45) is 5.41 Å². The molecule has 0 amide bonds. The van der Waals surface area contributed by atoms with E-state index in [2.05, 4.69) is 4.98 Å². The van der Waals surface area contributed by atoms with E-state index < -0.39 is 15.4 Å². The van der Waals surface area contributed by atoms with E-state index in [0.29, 0.717) is 43.8 Å². The second kappa shape index (κ2) is 7.00. The normalized spacial score (nSPS) is 22.5. The summed E-state index contributed by atoms with van der Waals surface area (Å²) in [4.78, 5) is 17.0. The van der Waals surface area contributed by atoms with Gasteiger partial charge in [0.15, 0.2) is 0 Å². The Morgan fingerprint density at radius 1 is 1.25 bits per heavy atom. The van der Waals surface area contributed by atoms with E-state index in [1.165, 1.54) is 4.31 Å². The molecule has 0 radical (unpaired) electrons. The zero-order chi connectivity index (χ0) is 19.9. The summed E-state index contributed by atoms with van der Waals surface area (Å²) in [5, 5.41) is 0. The standard InChI is InChI=1S/C20H25N3O4S/c1-15-3-4-16(2)18(11-15)28(25,26)23-8-5-20(6-9-23)12-17(27-19(20)24)13-22-10-7-21-14-22/h3-4,7,10-11,14,17H,5-6,8-9,12-13H2,1-2H3. The second-order valence-electron chi connectivity index (χ2n) is 7.94. The lowest BCUT2D eigenvalue weighted by molar-refractivity contribution is -0.150. The third kappa shape index (κ3) is 3.35. The van der Waals surface area contributed by atoms with Gasteiger partial charge in [0.05, 0.1) is 23.2 Å². The first-order valence-corrected chi connectivity index (χ1v) is 11.0. The fraction of sp³-hybridized carbons (Fsp3) is 0.500. The van der Waals surface area contributed by atoms with Gasteiger partial charge >= 0.3 is 5.97 Å². The van der Waals surface area contributed by atoms with Gasteiger partial charge in [0, 0.05) is 31.9 Å². The van der Waals surface area contributed by atoms with Gasteiger partial charge in [-0.3, -0.25) is 4.79 Å². The molecule has 0 N–H and O–H groups in total. The van der Waals surface area contributed by atoms with Crippen LogP contribution in [-0.4, -0.2) is 47.4 Å². The SMILES string of the molecule is Cc1ccc(C)c(S(=O)(=O)N2CCC3(CC2)CC(Cn2ccnc2)OC3=O)c1. The van der Waals surface area contributed by atoms with Crippen LogP contribution in [0.25, 0.3) is 0 Å².